The van der Waals surface area contributed by atoms with Crippen LogP contribution in [0.15, 0.2) is 65.1 Å². The van der Waals surface area contributed by atoms with E-state index in [-0.39, 0.29) is 35.5 Å². The quantitative estimate of drug-likeness (QED) is 0.317. The lowest BCUT2D eigenvalue weighted by Crippen LogP contribution is -2.50. The highest BCUT2D eigenvalue weighted by Crippen LogP contribution is 2.60. The number of piperidine rings is 1. The number of hydrogen-bond acceptors (Lipinski definition) is 7. The van der Waals surface area contributed by atoms with Crippen LogP contribution < -0.4 is 5.32 Å². The molecule has 0 radical (unpaired) electrons. The number of hydrogen-bond donors (Lipinski definition) is 1. The van der Waals surface area contributed by atoms with Crippen LogP contribution >= 0.6 is 0 Å². The van der Waals surface area contributed by atoms with Gasteiger partial charge in [-0.25, -0.2) is 9.97 Å². The second-order valence-corrected chi connectivity index (χ2v) is 12.6. The number of carbonyl (C=O) groups excluding carboxylic acids is 3. The summed E-state index contributed by atoms with van der Waals surface area (Å²) >= 11 is 0. The van der Waals surface area contributed by atoms with Crippen molar-refractivity contribution in [2.75, 3.05) is 6.54 Å². The summed E-state index contributed by atoms with van der Waals surface area (Å²) in [6.07, 6.45) is 7.61. The normalized spacial score (nSPS) is 24.9. The molecule has 3 aliphatic rings. The van der Waals surface area contributed by atoms with Crippen LogP contribution in [0.4, 0.5) is 5.69 Å². The minimum Gasteiger partial charge on any atom is -0.354 e. The fourth-order valence-corrected chi connectivity index (χ4v) is 6.74. The van der Waals surface area contributed by atoms with E-state index >= 15 is 0 Å². The number of fused-ring (bicyclic) bond motifs is 2. The highest BCUT2D eigenvalue weighted by Gasteiger charge is 2.65. The molecule has 1 saturated heterocycles. The Morgan fingerprint density at radius 2 is 1.74 bits per heavy atom. The van der Waals surface area contributed by atoms with Crippen molar-refractivity contribution < 1.29 is 14.4 Å². The maximum absolute atomic E-state index is 14.1. The molecular weight excluding hydrogens is 540 g/mol. The van der Waals surface area contributed by atoms with Gasteiger partial charge in [0.1, 0.15) is 11.9 Å². The number of azo groups is 1. The Morgan fingerprint density at radius 1 is 1.00 bits per heavy atom. The molecule has 1 unspecified atom stereocenters. The van der Waals surface area contributed by atoms with Gasteiger partial charge < -0.3 is 10.2 Å². The van der Waals surface area contributed by atoms with Crippen molar-refractivity contribution in [3.05, 3.63) is 77.4 Å². The van der Waals surface area contributed by atoms with Gasteiger partial charge in [-0.1, -0.05) is 37.3 Å². The van der Waals surface area contributed by atoms with Gasteiger partial charge in [-0.3, -0.25) is 14.4 Å². The Morgan fingerprint density at radius 3 is 2.47 bits per heavy atom. The summed E-state index contributed by atoms with van der Waals surface area (Å²) in [6, 6.07) is 13.6. The van der Waals surface area contributed by atoms with Gasteiger partial charge in [-0.15, -0.1) is 0 Å². The van der Waals surface area contributed by atoms with E-state index in [9.17, 15) is 14.4 Å². The summed E-state index contributed by atoms with van der Waals surface area (Å²) in [5.41, 5.74) is 3.50. The molecule has 2 amide bonds. The summed E-state index contributed by atoms with van der Waals surface area (Å²) in [7, 11) is 0. The Balaban J connectivity index is 1.18. The zero-order chi connectivity index (χ0) is 30.4. The number of ketones is 1. The van der Waals surface area contributed by atoms with Gasteiger partial charge in [0.05, 0.1) is 12.1 Å². The van der Waals surface area contributed by atoms with Crippen LogP contribution in [0.5, 0.6) is 0 Å². The number of aromatic nitrogens is 2. The van der Waals surface area contributed by atoms with Crippen molar-refractivity contribution in [1.29, 1.82) is 0 Å². The third-order valence-corrected chi connectivity index (χ3v) is 9.43. The average Bonchev–Trinajstić information content (AvgIpc) is 3.34. The van der Waals surface area contributed by atoms with Crippen molar-refractivity contribution in [3.63, 3.8) is 0 Å². The Labute approximate surface area is 252 Å². The van der Waals surface area contributed by atoms with E-state index in [2.05, 4.69) is 44.6 Å². The highest BCUT2D eigenvalue weighted by atomic mass is 16.2. The molecule has 1 aliphatic carbocycles. The van der Waals surface area contributed by atoms with E-state index in [4.69, 9.17) is 0 Å². The predicted octanol–water partition coefficient (Wildman–Crippen LogP) is 5.55. The highest BCUT2D eigenvalue weighted by molar-refractivity contribution is 5.98. The van der Waals surface area contributed by atoms with Crippen LogP contribution in [0.25, 0.3) is 11.1 Å². The monoisotopic (exact) mass is 578 g/mol. The number of nitrogens with one attached hydrogen (secondary N) is 1. The number of aryl methyl sites for hydroxylation is 3. The van der Waals surface area contributed by atoms with Crippen LogP contribution in [-0.2, 0) is 26.3 Å². The molecule has 9 nitrogen and oxygen atoms in total. The van der Waals surface area contributed by atoms with Crippen molar-refractivity contribution in [1.82, 2.24) is 20.2 Å². The van der Waals surface area contributed by atoms with Crippen molar-refractivity contribution in [2.24, 2.45) is 15.6 Å². The molecule has 1 aromatic heterocycles. The molecule has 6 rings (SSSR count). The fraction of sp³-hybridized carbons (Fsp3) is 0.441. The first-order chi connectivity index (χ1) is 20.6. The van der Waals surface area contributed by atoms with E-state index < -0.39 is 11.6 Å². The Hall–Kier alpha value is -4.27. The number of carbonyl (C=O) groups is 3. The molecule has 222 valence electrons. The second-order valence-electron chi connectivity index (χ2n) is 12.6. The molecule has 4 atom stereocenters. The zero-order valence-corrected chi connectivity index (χ0v) is 25.3. The predicted molar refractivity (Wildman–Crippen MR) is 163 cm³/mol. The Kier molecular flexibility index (Phi) is 7.44. The zero-order valence-electron chi connectivity index (χ0n) is 25.3. The standard InChI is InChI=1S/C34H38N6O3/c1-21-14-25(26-19-36-23(3)37-20-26)15-27-31(21)38-39-34(27,22(2)41)18-30(42)40-28(16-33(4)17-29(33)40)32(43)35-13-9-8-12-24-10-6-5-7-11-24/h5-7,10-11,14-15,19-20,28-29H,8-9,12-13,16-18H2,1-4H3,(H,35,43)/t28-,29+,33-,34?/m0/s1. The number of unbranched alkanes of at least 4 members (excludes halogenated alkanes) is 1. The lowest BCUT2D eigenvalue weighted by molar-refractivity contribution is -0.142. The third kappa shape index (κ3) is 5.37. The SMILES string of the molecule is CC(=O)C1(CC(=O)N2[C@H](C(=O)NCCCCc3ccccc3)C[C@@]3(C)C[C@@H]23)N=Nc2c(C)cc(-c3cnc(C)nc3)cc21. The Bertz CT molecular complexity index is 1600. The molecule has 3 aromatic rings. The minimum atomic E-state index is -1.44. The van der Waals surface area contributed by atoms with Gasteiger partial charge >= 0.3 is 0 Å². The number of rotatable bonds is 10. The third-order valence-electron chi connectivity index (χ3n) is 9.43. The van der Waals surface area contributed by atoms with E-state index in [0.717, 1.165) is 42.4 Å². The van der Waals surface area contributed by atoms with Crippen LogP contribution in [0.3, 0.4) is 0 Å². The van der Waals surface area contributed by atoms with E-state index in [1.807, 2.05) is 44.2 Å². The molecule has 2 fully saturated rings. The second kappa shape index (κ2) is 11.1. The first kappa shape index (κ1) is 28.8. The summed E-state index contributed by atoms with van der Waals surface area (Å²) in [6.45, 7) is 7.91. The summed E-state index contributed by atoms with van der Waals surface area (Å²) in [5.74, 6) is 0.0551. The van der Waals surface area contributed by atoms with Gasteiger partial charge in [0.15, 0.2) is 11.3 Å². The smallest absolute Gasteiger partial charge is 0.242 e. The van der Waals surface area contributed by atoms with Crippen molar-refractivity contribution in [3.8, 4) is 11.1 Å². The molecule has 2 aromatic carbocycles. The molecular formula is C34H38N6O3. The fourth-order valence-electron chi connectivity index (χ4n) is 6.74. The van der Waals surface area contributed by atoms with Gasteiger partial charge in [-0.05, 0) is 87.1 Å². The first-order valence-electron chi connectivity index (χ1n) is 15.1. The van der Waals surface area contributed by atoms with E-state index in [1.165, 1.54) is 12.5 Å². The van der Waals surface area contributed by atoms with Gasteiger partial charge in [0, 0.05) is 36.1 Å². The van der Waals surface area contributed by atoms with Gasteiger partial charge in [-0.2, -0.15) is 10.2 Å². The van der Waals surface area contributed by atoms with Crippen LogP contribution in [-0.4, -0.2) is 51.1 Å². The average molecular weight is 579 g/mol. The topological polar surface area (TPSA) is 117 Å². The van der Waals surface area contributed by atoms with Crippen molar-refractivity contribution >= 4 is 23.3 Å². The maximum Gasteiger partial charge on any atom is 0.242 e. The molecule has 9 heteroatoms. The molecule has 0 bridgehead atoms. The molecule has 3 heterocycles. The summed E-state index contributed by atoms with van der Waals surface area (Å²) in [5, 5.41) is 12.0. The molecule has 0 spiro atoms. The molecule has 2 aliphatic heterocycles. The van der Waals surface area contributed by atoms with Gasteiger partial charge in [0.25, 0.3) is 0 Å². The number of benzene rings is 2. The largest absolute Gasteiger partial charge is 0.354 e. The molecule has 43 heavy (non-hydrogen) atoms. The van der Waals surface area contributed by atoms with Crippen LogP contribution in [0.1, 0.15) is 68.5 Å². The van der Waals surface area contributed by atoms with Crippen LogP contribution in [0, 0.1) is 19.3 Å². The summed E-state index contributed by atoms with van der Waals surface area (Å²) < 4.78 is 0. The molecule has 1 N–H and O–H groups in total. The lowest BCUT2D eigenvalue weighted by atomic mass is 9.81. The number of Topliss-reactive ketones (excluding diaryl/α,β-unsaturated/α-hetero) is 1. The number of likely N-dealkylation sites (tertiary alicyclic amines) is 1. The van der Waals surface area contributed by atoms with Crippen LogP contribution in [0.2, 0.25) is 0 Å². The van der Waals surface area contributed by atoms with E-state index in [1.54, 1.807) is 17.3 Å². The van der Waals surface area contributed by atoms with E-state index in [0.29, 0.717) is 30.0 Å². The number of amides is 2. The van der Waals surface area contributed by atoms with Crippen molar-refractivity contribution in [2.45, 2.75) is 83.8 Å². The first-order valence-corrected chi connectivity index (χ1v) is 15.1. The molecule has 1 saturated carbocycles. The lowest BCUT2D eigenvalue weighted by Gasteiger charge is -2.30. The maximum atomic E-state index is 14.1. The summed E-state index contributed by atoms with van der Waals surface area (Å²) in [4.78, 5) is 51.2. The van der Waals surface area contributed by atoms with Gasteiger partial charge in [0.2, 0.25) is 11.8 Å². The minimum absolute atomic E-state index is 0.00608. The number of nitrogens with zero attached hydrogens (tertiary/aromatic N) is 5.